The number of sulfonamides is 1. The molecule has 0 amide bonds. The lowest BCUT2D eigenvalue weighted by Crippen LogP contribution is -2.29. The van der Waals surface area contributed by atoms with E-state index in [-0.39, 0.29) is 29.2 Å². The number of esters is 1. The molecular weight excluding hydrogens is 456 g/mol. The number of carbonyl (C=O) groups is 1. The fourth-order valence-corrected chi connectivity index (χ4v) is 5.32. The quantitative estimate of drug-likeness (QED) is 0.112. The SMILES string of the molecule is CCOC(=O)CCCN(C)S(=O)(=O)c1ccc2c(c1)C(C)(C)C(C)=[N+]2CCCSOOO. The van der Waals surface area contributed by atoms with Crippen LogP contribution in [0.2, 0.25) is 0 Å². The van der Waals surface area contributed by atoms with Crippen molar-refractivity contribution in [2.75, 3.05) is 32.5 Å². The van der Waals surface area contributed by atoms with Crippen molar-refractivity contribution >= 4 is 39.4 Å². The Kier molecular flexibility index (Phi) is 9.68. The van der Waals surface area contributed by atoms with Gasteiger partial charge in [-0.3, -0.25) is 4.79 Å². The lowest BCUT2D eigenvalue weighted by molar-refractivity contribution is -0.439. The highest BCUT2D eigenvalue weighted by atomic mass is 32.2. The third-order valence-electron chi connectivity index (χ3n) is 5.80. The lowest BCUT2D eigenvalue weighted by Gasteiger charge is -2.19. The highest BCUT2D eigenvalue weighted by molar-refractivity contribution is 7.94. The third-order valence-corrected chi connectivity index (χ3v) is 8.26. The molecule has 9 nitrogen and oxygen atoms in total. The molecule has 0 spiro atoms. The van der Waals surface area contributed by atoms with Gasteiger partial charge in [-0.2, -0.15) is 4.58 Å². The van der Waals surface area contributed by atoms with Crippen molar-refractivity contribution in [2.24, 2.45) is 0 Å². The van der Waals surface area contributed by atoms with E-state index >= 15 is 0 Å². The van der Waals surface area contributed by atoms with Gasteiger partial charge in [0, 0.05) is 62.8 Å². The molecule has 180 valence electrons. The monoisotopic (exact) mass is 489 g/mol. The van der Waals surface area contributed by atoms with E-state index < -0.39 is 10.0 Å². The fraction of sp³-hybridized carbons (Fsp3) is 0.619. The van der Waals surface area contributed by atoms with Crippen LogP contribution in [0.3, 0.4) is 0 Å². The molecule has 1 aromatic carbocycles. The van der Waals surface area contributed by atoms with Gasteiger partial charge in [0.05, 0.1) is 16.9 Å². The van der Waals surface area contributed by atoms with Crippen molar-refractivity contribution in [3.8, 4) is 0 Å². The van der Waals surface area contributed by atoms with Gasteiger partial charge in [0.25, 0.3) is 0 Å². The summed E-state index contributed by atoms with van der Waals surface area (Å²) in [5.74, 6) is 0.306. The van der Waals surface area contributed by atoms with Crippen LogP contribution in [0.1, 0.15) is 52.5 Å². The maximum atomic E-state index is 13.1. The predicted molar refractivity (Wildman–Crippen MR) is 122 cm³/mol. The Hall–Kier alpha value is -1.50. The number of carbonyl (C=O) groups excluding carboxylic acids is 1. The van der Waals surface area contributed by atoms with Crippen LogP contribution in [0, 0.1) is 0 Å². The van der Waals surface area contributed by atoms with E-state index in [0.29, 0.717) is 18.8 Å². The largest absolute Gasteiger partial charge is 0.466 e. The zero-order valence-corrected chi connectivity index (χ0v) is 20.9. The van der Waals surface area contributed by atoms with Gasteiger partial charge >= 0.3 is 5.97 Å². The summed E-state index contributed by atoms with van der Waals surface area (Å²) < 4.78 is 39.0. The average molecular weight is 490 g/mol. The van der Waals surface area contributed by atoms with E-state index in [1.54, 1.807) is 19.1 Å². The van der Waals surface area contributed by atoms with Crippen molar-refractivity contribution in [3.05, 3.63) is 23.8 Å². The second-order valence-corrected chi connectivity index (χ2v) is 10.9. The molecule has 0 unspecified atom stereocenters. The van der Waals surface area contributed by atoms with Crippen LogP contribution in [0.15, 0.2) is 23.1 Å². The van der Waals surface area contributed by atoms with Crippen LogP contribution in [0.4, 0.5) is 5.69 Å². The summed E-state index contributed by atoms with van der Waals surface area (Å²) in [4.78, 5) is 11.7. The van der Waals surface area contributed by atoms with Gasteiger partial charge in [0.15, 0.2) is 5.71 Å². The summed E-state index contributed by atoms with van der Waals surface area (Å²) in [6.45, 7) is 9.23. The van der Waals surface area contributed by atoms with Gasteiger partial charge in [-0.25, -0.2) is 18.0 Å². The molecule has 0 radical (unpaired) electrons. The fourth-order valence-electron chi connectivity index (χ4n) is 3.73. The molecule has 0 bridgehead atoms. The zero-order chi connectivity index (χ0) is 23.9. The molecule has 0 aromatic heterocycles. The van der Waals surface area contributed by atoms with Crippen LogP contribution in [0.25, 0.3) is 0 Å². The van der Waals surface area contributed by atoms with E-state index in [0.717, 1.165) is 42.0 Å². The van der Waals surface area contributed by atoms with Crippen LogP contribution >= 0.6 is 12.0 Å². The first-order valence-corrected chi connectivity index (χ1v) is 12.9. The standard InChI is InChI=1S/C21H32N2O7S2/c1-6-28-20(24)9-7-12-22(5)32(26,27)17-10-11-19-18(15-17)21(3,4)16(2)23(19)13-8-14-31-30-29-25/h10-11,15H,6-9,12-14H2,1-5H3/p+1. The Bertz CT molecular complexity index is 945. The van der Waals surface area contributed by atoms with Gasteiger partial charge in [0.2, 0.25) is 15.7 Å². The maximum absolute atomic E-state index is 13.1. The van der Waals surface area contributed by atoms with Crippen molar-refractivity contribution < 1.29 is 37.2 Å². The summed E-state index contributed by atoms with van der Waals surface area (Å²) in [6.07, 6.45) is 1.36. The van der Waals surface area contributed by atoms with Crippen molar-refractivity contribution in [1.82, 2.24) is 4.31 Å². The van der Waals surface area contributed by atoms with Crippen LogP contribution < -0.4 is 0 Å². The van der Waals surface area contributed by atoms with Crippen molar-refractivity contribution in [1.29, 1.82) is 0 Å². The molecule has 1 aliphatic rings. The molecule has 0 fully saturated rings. The van der Waals surface area contributed by atoms with Gasteiger partial charge < -0.3 is 4.74 Å². The molecule has 0 atom stereocenters. The highest BCUT2D eigenvalue weighted by Gasteiger charge is 2.43. The minimum atomic E-state index is -3.69. The first-order chi connectivity index (χ1) is 15.1. The number of nitrogens with zero attached hydrogens (tertiary/aromatic N) is 2. The molecule has 0 aliphatic carbocycles. The average Bonchev–Trinajstić information content (AvgIpc) is 2.93. The zero-order valence-electron chi connectivity index (χ0n) is 19.3. The van der Waals surface area contributed by atoms with Crippen molar-refractivity contribution in [2.45, 2.75) is 57.3 Å². The third kappa shape index (κ3) is 6.09. The van der Waals surface area contributed by atoms with Crippen LogP contribution in [-0.2, 0) is 34.3 Å². The topological polar surface area (TPSA) is 105 Å². The number of ether oxygens (including phenoxy) is 1. The molecular formula is C21H33N2O7S2+. The summed E-state index contributed by atoms with van der Waals surface area (Å²) in [7, 11) is -2.16. The normalized spacial score (nSPS) is 15.3. The Balaban J connectivity index is 2.15. The smallest absolute Gasteiger partial charge is 0.305 e. The Morgan fingerprint density at radius 1 is 1.28 bits per heavy atom. The number of fused-ring (bicyclic) bond motifs is 1. The number of rotatable bonds is 13. The van der Waals surface area contributed by atoms with Gasteiger partial charge in [0.1, 0.15) is 6.54 Å². The minimum Gasteiger partial charge on any atom is -0.466 e. The molecule has 32 heavy (non-hydrogen) atoms. The number of hydrogen-bond donors (Lipinski definition) is 1. The van der Waals surface area contributed by atoms with Crippen LogP contribution in [0.5, 0.6) is 0 Å². The second-order valence-electron chi connectivity index (χ2n) is 8.09. The minimum absolute atomic E-state index is 0.182. The van der Waals surface area contributed by atoms with Gasteiger partial charge in [-0.05, 0) is 39.3 Å². The van der Waals surface area contributed by atoms with Gasteiger partial charge in [-0.15, -0.1) is 4.33 Å². The van der Waals surface area contributed by atoms with Crippen LogP contribution in [-0.4, -0.2) is 66.7 Å². The molecule has 1 aliphatic heterocycles. The van der Waals surface area contributed by atoms with Gasteiger partial charge in [-0.1, -0.05) is 5.04 Å². The first kappa shape index (κ1) is 26.7. The molecule has 2 rings (SSSR count). The lowest BCUT2D eigenvalue weighted by atomic mass is 9.82. The molecule has 1 aromatic rings. The molecule has 1 heterocycles. The molecule has 0 saturated heterocycles. The second kappa shape index (κ2) is 11.6. The Morgan fingerprint density at radius 2 is 2.00 bits per heavy atom. The molecule has 11 heteroatoms. The number of hydrogen-bond acceptors (Lipinski definition) is 8. The van der Waals surface area contributed by atoms with E-state index in [4.69, 9.17) is 9.99 Å². The van der Waals surface area contributed by atoms with E-state index in [1.165, 1.54) is 11.4 Å². The predicted octanol–water partition coefficient (Wildman–Crippen LogP) is 3.51. The Labute approximate surface area is 194 Å². The summed E-state index contributed by atoms with van der Waals surface area (Å²) in [6, 6.07) is 5.25. The highest BCUT2D eigenvalue weighted by Crippen LogP contribution is 2.41. The number of benzene rings is 1. The van der Waals surface area contributed by atoms with Crippen molar-refractivity contribution in [3.63, 3.8) is 0 Å². The van der Waals surface area contributed by atoms with E-state index in [9.17, 15) is 13.2 Å². The summed E-state index contributed by atoms with van der Waals surface area (Å²) >= 11 is 1.02. The Morgan fingerprint density at radius 3 is 2.66 bits per heavy atom. The maximum Gasteiger partial charge on any atom is 0.305 e. The van der Waals surface area contributed by atoms with E-state index in [1.807, 2.05) is 6.07 Å². The molecule has 0 saturated carbocycles. The first-order valence-electron chi connectivity index (χ1n) is 10.5. The summed E-state index contributed by atoms with van der Waals surface area (Å²) in [5.41, 5.74) is 2.76. The molecule has 1 N–H and O–H groups in total. The summed E-state index contributed by atoms with van der Waals surface area (Å²) in [5, 5.41) is 11.8. The van der Waals surface area contributed by atoms with E-state index in [2.05, 4.69) is 34.7 Å².